The molecule has 1 atom stereocenters. The average Bonchev–Trinajstić information content (AvgIpc) is 2.81. The first-order chi connectivity index (χ1) is 7.31. The molecule has 3 nitrogen and oxygen atoms in total. The predicted molar refractivity (Wildman–Crippen MR) is 60.0 cm³/mol. The van der Waals surface area contributed by atoms with E-state index in [1.807, 2.05) is 21.7 Å². The van der Waals surface area contributed by atoms with Crippen LogP contribution in [0.25, 0.3) is 0 Å². The second-order valence-electron chi connectivity index (χ2n) is 3.95. The maximum atomic E-state index is 12.0. The van der Waals surface area contributed by atoms with Crippen LogP contribution in [0.5, 0.6) is 0 Å². The molecule has 2 heterocycles. The van der Waals surface area contributed by atoms with Gasteiger partial charge in [0, 0.05) is 25.1 Å². The fraction of sp³-hybridized carbons (Fsp3) is 0.545. The molecule has 0 unspecified atom stereocenters. The highest BCUT2D eigenvalue weighted by Crippen LogP contribution is 2.18. The fourth-order valence-corrected chi connectivity index (χ4v) is 2.60. The van der Waals surface area contributed by atoms with Gasteiger partial charge in [-0.25, -0.2) is 0 Å². The summed E-state index contributed by atoms with van der Waals surface area (Å²) in [6, 6.07) is 1.86. The summed E-state index contributed by atoms with van der Waals surface area (Å²) in [5, 5.41) is 12.9. The lowest BCUT2D eigenvalue weighted by molar-refractivity contribution is 0.0621. The van der Waals surface area contributed by atoms with Crippen molar-refractivity contribution in [3.05, 3.63) is 22.4 Å². The van der Waals surface area contributed by atoms with Gasteiger partial charge in [-0.1, -0.05) is 0 Å². The number of nitrogens with zero attached hydrogens (tertiary/aromatic N) is 1. The molecule has 0 aromatic carbocycles. The Kier molecular flexibility index (Phi) is 3.38. The van der Waals surface area contributed by atoms with Gasteiger partial charge in [0.05, 0.1) is 5.56 Å². The van der Waals surface area contributed by atoms with Crippen molar-refractivity contribution in [1.29, 1.82) is 0 Å². The van der Waals surface area contributed by atoms with Gasteiger partial charge in [0.25, 0.3) is 5.91 Å². The monoisotopic (exact) mass is 225 g/mol. The van der Waals surface area contributed by atoms with Crippen LogP contribution < -0.4 is 0 Å². The molecule has 1 amide bonds. The minimum atomic E-state index is 0.106. The van der Waals surface area contributed by atoms with Crippen molar-refractivity contribution >= 4 is 17.2 Å². The number of amides is 1. The second kappa shape index (κ2) is 4.77. The van der Waals surface area contributed by atoms with E-state index in [1.54, 1.807) is 11.3 Å². The molecule has 1 N–H and O–H groups in total. The molecule has 1 aromatic heterocycles. The number of aliphatic hydroxyl groups excluding tert-OH is 1. The van der Waals surface area contributed by atoms with Crippen molar-refractivity contribution in [2.45, 2.75) is 12.8 Å². The Morgan fingerprint density at radius 1 is 1.67 bits per heavy atom. The molecule has 0 spiro atoms. The summed E-state index contributed by atoms with van der Waals surface area (Å²) < 4.78 is 0. The molecular weight excluding hydrogens is 210 g/mol. The van der Waals surface area contributed by atoms with Gasteiger partial charge in [-0.3, -0.25) is 4.79 Å². The number of thiophene rings is 1. The standard InChI is InChI=1S/C11H15NO2S/c13-7-9-2-1-4-12(6-9)11(14)10-3-5-15-8-10/h3,5,8-9,13H,1-2,4,6-7H2/t9-/m0/s1. The van der Waals surface area contributed by atoms with Gasteiger partial charge in [0.1, 0.15) is 0 Å². The molecule has 1 aromatic rings. The summed E-state index contributed by atoms with van der Waals surface area (Å²) in [6.45, 7) is 1.71. The first kappa shape index (κ1) is 10.6. The molecular formula is C11H15NO2S. The lowest BCUT2D eigenvalue weighted by Gasteiger charge is -2.31. The summed E-state index contributed by atoms with van der Waals surface area (Å²) in [7, 11) is 0. The van der Waals surface area contributed by atoms with E-state index in [-0.39, 0.29) is 18.4 Å². The Bertz CT molecular complexity index is 323. The zero-order valence-electron chi connectivity index (χ0n) is 8.56. The Hall–Kier alpha value is -0.870. The predicted octanol–water partition coefficient (Wildman–Crippen LogP) is 1.59. The van der Waals surface area contributed by atoms with Crippen molar-refractivity contribution in [2.75, 3.05) is 19.7 Å². The third kappa shape index (κ3) is 2.38. The van der Waals surface area contributed by atoms with E-state index in [1.165, 1.54) is 0 Å². The van der Waals surface area contributed by atoms with Crippen LogP contribution in [-0.2, 0) is 0 Å². The zero-order chi connectivity index (χ0) is 10.7. The first-order valence-corrected chi connectivity index (χ1v) is 6.18. The minimum Gasteiger partial charge on any atom is -0.396 e. The Morgan fingerprint density at radius 2 is 2.53 bits per heavy atom. The second-order valence-corrected chi connectivity index (χ2v) is 4.73. The van der Waals surface area contributed by atoms with Gasteiger partial charge in [-0.2, -0.15) is 11.3 Å². The molecule has 15 heavy (non-hydrogen) atoms. The molecule has 0 radical (unpaired) electrons. The first-order valence-electron chi connectivity index (χ1n) is 5.23. The summed E-state index contributed by atoms with van der Waals surface area (Å²) in [6.07, 6.45) is 2.03. The third-order valence-corrected chi connectivity index (χ3v) is 3.52. The zero-order valence-corrected chi connectivity index (χ0v) is 9.37. The molecule has 82 valence electrons. The summed E-state index contributed by atoms with van der Waals surface area (Å²) in [5.74, 6) is 0.371. The Labute approximate surface area is 93.3 Å². The molecule has 4 heteroatoms. The molecule has 1 fully saturated rings. The summed E-state index contributed by atoms with van der Waals surface area (Å²) >= 11 is 1.54. The SMILES string of the molecule is O=C(c1ccsc1)N1CCC[C@H](CO)C1. The lowest BCUT2D eigenvalue weighted by Crippen LogP contribution is -2.40. The van der Waals surface area contributed by atoms with Crippen molar-refractivity contribution in [1.82, 2.24) is 4.90 Å². The topological polar surface area (TPSA) is 40.5 Å². The van der Waals surface area contributed by atoms with E-state index in [0.29, 0.717) is 6.54 Å². The van der Waals surface area contributed by atoms with Crippen LogP contribution in [0.1, 0.15) is 23.2 Å². The fourth-order valence-electron chi connectivity index (χ4n) is 1.97. The van der Waals surface area contributed by atoms with Crippen LogP contribution in [0.4, 0.5) is 0 Å². The number of aliphatic hydroxyl groups is 1. The van der Waals surface area contributed by atoms with Crippen LogP contribution in [-0.4, -0.2) is 35.6 Å². The number of rotatable bonds is 2. The Morgan fingerprint density at radius 3 is 3.20 bits per heavy atom. The molecule has 0 aliphatic carbocycles. The summed E-state index contributed by atoms with van der Waals surface area (Å²) in [5.41, 5.74) is 0.776. The van der Waals surface area contributed by atoms with Gasteiger partial charge in [-0.05, 0) is 30.2 Å². The van der Waals surface area contributed by atoms with Crippen LogP contribution in [0.2, 0.25) is 0 Å². The van der Waals surface area contributed by atoms with Gasteiger partial charge < -0.3 is 10.0 Å². The van der Waals surface area contributed by atoms with Crippen molar-refractivity contribution in [3.8, 4) is 0 Å². The lowest BCUT2D eigenvalue weighted by atomic mass is 9.98. The molecule has 0 bridgehead atoms. The summed E-state index contributed by atoms with van der Waals surface area (Å²) in [4.78, 5) is 13.8. The molecule has 0 saturated carbocycles. The molecule has 1 aliphatic rings. The van der Waals surface area contributed by atoms with Gasteiger partial charge in [0.2, 0.25) is 0 Å². The number of hydrogen-bond donors (Lipinski definition) is 1. The highest BCUT2D eigenvalue weighted by Gasteiger charge is 2.23. The van der Waals surface area contributed by atoms with Crippen LogP contribution in [0, 0.1) is 5.92 Å². The Balaban J connectivity index is 2.01. The normalized spacial score (nSPS) is 21.7. The van der Waals surface area contributed by atoms with Gasteiger partial charge in [0.15, 0.2) is 0 Å². The maximum Gasteiger partial charge on any atom is 0.254 e. The van der Waals surface area contributed by atoms with Crippen LogP contribution in [0.15, 0.2) is 16.8 Å². The largest absolute Gasteiger partial charge is 0.396 e. The minimum absolute atomic E-state index is 0.106. The molecule has 1 saturated heterocycles. The van der Waals surface area contributed by atoms with E-state index in [2.05, 4.69) is 0 Å². The van der Waals surface area contributed by atoms with Gasteiger partial charge in [-0.15, -0.1) is 0 Å². The van der Waals surface area contributed by atoms with Gasteiger partial charge >= 0.3 is 0 Å². The van der Waals surface area contributed by atoms with Crippen molar-refractivity contribution in [2.24, 2.45) is 5.92 Å². The third-order valence-electron chi connectivity index (χ3n) is 2.83. The van der Waals surface area contributed by atoms with E-state index in [9.17, 15) is 4.79 Å². The number of hydrogen-bond acceptors (Lipinski definition) is 3. The van der Waals surface area contributed by atoms with Crippen molar-refractivity contribution < 1.29 is 9.90 Å². The van der Waals surface area contributed by atoms with Crippen molar-refractivity contribution in [3.63, 3.8) is 0 Å². The average molecular weight is 225 g/mol. The molecule has 2 rings (SSSR count). The maximum absolute atomic E-state index is 12.0. The number of likely N-dealkylation sites (tertiary alicyclic amines) is 1. The quantitative estimate of drug-likeness (QED) is 0.830. The highest BCUT2D eigenvalue weighted by atomic mass is 32.1. The number of carbonyl (C=O) groups excluding carboxylic acids is 1. The van der Waals surface area contributed by atoms with E-state index in [0.717, 1.165) is 24.9 Å². The number of piperidine rings is 1. The van der Waals surface area contributed by atoms with E-state index >= 15 is 0 Å². The van der Waals surface area contributed by atoms with E-state index < -0.39 is 0 Å². The van der Waals surface area contributed by atoms with E-state index in [4.69, 9.17) is 5.11 Å². The van der Waals surface area contributed by atoms with Crippen LogP contribution in [0.3, 0.4) is 0 Å². The number of carbonyl (C=O) groups is 1. The highest BCUT2D eigenvalue weighted by molar-refractivity contribution is 7.08. The smallest absolute Gasteiger partial charge is 0.254 e. The van der Waals surface area contributed by atoms with Crippen LogP contribution >= 0.6 is 11.3 Å². The molecule has 1 aliphatic heterocycles.